The average Bonchev–Trinajstić information content (AvgIpc) is 3.58. The molecule has 2 bridgehead atoms. The Morgan fingerprint density at radius 3 is 2.47 bits per heavy atom. The minimum absolute atomic E-state index is 0.259. The van der Waals surface area contributed by atoms with Gasteiger partial charge >= 0.3 is 0 Å². The SMILES string of the molecule is Cc1cc2c3ccc(CC(C)(C)C)cc3n3c4cc(C5CC6CCC5C6)cc5cc[n+](C)c(c(c1C)c23)c54. The van der Waals surface area contributed by atoms with Gasteiger partial charge < -0.3 is 4.40 Å². The molecule has 2 aliphatic rings. The second-order valence-corrected chi connectivity index (χ2v) is 14.1. The van der Waals surface area contributed by atoms with Crippen LogP contribution in [0.3, 0.4) is 0 Å². The highest BCUT2D eigenvalue weighted by atomic mass is 15.0. The third-order valence-corrected chi connectivity index (χ3v) is 10.3. The Balaban J connectivity index is 1.58. The highest BCUT2D eigenvalue weighted by Crippen LogP contribution is 2.54. The van der Waals surface area contributed by atoms with Crippen molar-refractivity contribution in [2.45, 2.75) is 72.6 Å². The maximum absolute atomic E-state index is 2.66. The van der Waals surface area contributed by atoms with E-state index in [1.807, 2.05) is 0 Å². The molecule has 192 valence electrons. The van der Waals surface area contributed by atoms with Crippen LogP contribution in [0.5, 0.6) is 0 Å². The summed E-state index contributed by atoms with van der Waals surface area (Å²) in [4.78, 5) is 0. The van der Waals surface area contributed by atoms with Gasteiger partial charge in [0.1, 0.15) is 7.05 Å². The molecule has 3 aromatic heterocycles. The van der Waals surface area contributed by atoms with E-state index in [0.717, 1.165) is 24.2 Å². The van der Waals surface area contributed by atoms with Crippen molar-refractivity contribution >= 4 is 49.0 Å². The number of hydrogen-bond donors (Lipinski definition) is 0. The number of aromatic nitrogens is 2. The van der Waals surface area contributed by atoms with Gasteiger partial charge in [0.2, 0.25) is 5.52 Å². The van der Waals surface area contributed by atoms with Crippen LogP contribution in [-0.2, 0) is 13.5 Å². The molecular formula is C36H39N2+. The summed E-state index contributed by atoms with van der Waals surface area (Å²) in [6.07, 6.45) is 9.08. The summed E-state index contributed by atoms with van der Waals surface area (Å²) in [6, 6.07) is 17.2. The molecular weight excluding hydrogens is 460 g/mol. The van der Waals surface area contributed by atoms with Gasteiger partial charge in [-0.25, -0.2) is 4.57 Å². The molecule has 2 aliphatic carbocycles. The molecule has 3 atom stereocenters. The van der Waals surface area contributed by atoms with Gasteiger partial charge in [0.05, 0.1) is 27.3 Å². The van der Waals surface area contributed by atoms with Gasteiger partial charge in [-0.05, 0) is 109 Å². The lowest BCUT2D eigenvalue weighted by molar-refractivity contribution is -0.643. The van der Waals surface area contributed by atoms with Crippen LogP contribution in [0.25, 0.3) is 49.0 Å². The van der Waals surface area contributed by atoms with E-state index in [1.54, 1.807) is 5.56 Å². The van der Waals surface area contributed by atoms with E-state index in [-0.39, 0.29) is 5.41 Å². The number of nitrogens with zero attached hydrogens (tertiary/aromatic N) is 2. The Morgan fingerprint density at radius 1 is 0.895 bits per heavy atom. The van der Waals surface area contributed by atoms with Crippen LogP contribution in [0.1, 0.15) is 74.6 Å². The number of benzene rings is 3. The molecule has 2 fully saturated rings. The van der Waals surface area contributed by atoms with Crippen LogP contribution < -0.4 is 4.57 Å². The highest BCUT2D eigenvalue weighted by molar-refractivity contribution is 6.26. The van der Waals surface area contributed by atoms with Crippen LogP contribution in [0, 0.1) is 31.1 Å². The molecule has 2 nitrogen and oxygen atoms in total. The Hall–Kier alpha value is -3.13. The summed E-state index contributed by atoms with van der Waals surface area (Å²) in [6.45, 7) is 11.7. The largest absolute Gasteiger partial charge is 0.307 e. The van der Waals surface area contributed by atoms with Crippen molar-refractivity contribution in [1.82, 2.24) is 4.40 Å². The summed E-state index contributed by atoms with van der Waals surface area (Å²) in [5.41, 5.74) is 11.6. The summed E-state index contributed by atoms with van der Waals surface area (Å²) in [5, 5.41) is 7.02. The second-order valence-electron chi connectivity index (χ2n) is 14.1. The summed E-state index contributed by atoms with van der Waals surface area (Å²) < 4.78 is 5.03. The maximum Gasteiger partial charge on any atom is 0.224 e. The monoisotopic (exact) mass is 499 g/mol. The first kappa shape index (κ1) is 22.8. The summed E-state index contributed by atoms with van der Waals surface area (Å²) >= 11 is 0. The van der Waals surface area contributed by atoms with Crippen LogP contribution in [0.4, 0.5) is 0 Å². The Bertz CT molecular complexity index is 1930. The molecule has 3 unspecified atom stereocenters. The lowest BCUT2D eigenvalue weighted by atomic mass is 9.82. The molecule has 0 amide bonds. The van der Waals surface area contributed by atoms with E-state index in [2.05, 4.69) is 99.3 Å². The lowest BCUT2D eigenvalue weighted by Gasteiger charge is -2.23. The van der Waals surface area contributed by atoms with Crippen LogP contribution >= 0.6 is 0 Å². The first-order chi connectivity index (χ1) is 18.2. The number of pyridine rings is 2. The fourth-order valence-electron chi connectivity index (χ4n) is 8.56. The standard InChI is InChI=1S/C36H39N2/c1-20-13-29-27-10-8-23(19-36(3,4)5)16-30(27)38-31-18-26(28-15-22-7-9-24(28)14-22)17-25-11-12-37(6)35(33(25)31)32(21(20)2)34(29)38/h8,10-13,16-18,22,24,28H,7,9,14-15,19H2,1-6H3/q+1. The van der Waals surface area contributed by atoms with Gasteiger partial charge in [0.25, 0.3) is 0 Å². The molecule has 0 spiro atoms. The van der Waals surface area contributed by atoms with Gasteiger partial charge in [-0.3, -0.25) is 0 Å². The molecule has 2 heteroatoms. The maximum atomic E-state index is 2.66. The average molecular weight is 500 g/mol. The van der Waals surface area contributed by atoms with Crippen molar-refractivity contribution in [3.63, 3.8) is 0 Å². The fourth-order valence-corrected chi connectivity index (χ4v) is 8.56. The number of fused-ring (bicyclic) bond motifs is 7. The molecule has 38 heavy (non-hydrogen) atoms. The fraction of sp³-hybridized carbons (Fsp3) is 0.417. The first-order valence-corrected chi connectivity index (χ1v) is 14.7. The Kier molecular flexibility index (Phi) is 4.50. The third-order valence-electron chi connectivity index (χ3n) is 10.3. The van der Waals surface area contributed by atoms with E-state index >= 15 is 0 Å². The Labute approximate surface area is 225 Å². The number of aryl methyl sites for hydroxylation is 3. The van der Waals surface area contributed by atoms with E-state index in [4.69, 9.17) is 0 Å². The van der Waals surface area contributed by atoms with Crippen molar-refractivity contribution in [2.24, 2.45) is 24.3 Å². The first-order valence-electron chi connectivity index (χ1n) is 14.7. The lowest BCUT2D eigenvalue weighted by Crippen LogP contribution is -2.29. The van der Waals surface area contributed by atoms with Crippen LogP contribution in [0.2, 0.25) is 0 Å². The van der Waals surface area contributed by atoms with E-state index < -0.39 is 0 Å². The minimum Gasteiger partial charge on any atom is -0.307 e. The van der Waals surface area contributed by atoms with Gasteiger partial charge in [-0.2, -0.15) is 0 Å². The molecule has 0 radical (unpaired) electrons. The zero-order chi connectivity index (χ0) is 26.1. The second kappa shape index (κ2) is 7.50. The predicted octanol–water partition coefficient (Wildman–Crippen LogP) is 8.92. The zero-order valence-corrected chi connectivity index (χ0v) is 23.8. The van der Waals surface area contributed by atoms with Crippen LogP contribution in [-0.4, -0.2) is 4.40 Å². The zero-order valence-electron chi connectivity index (χ0n) is 23.8. The summed E-state index contributed by atoms with van der Waals surface area (Å²) in [7, 11) is 2.23. The van der Waals surface area contributed by atoms with E-state index in [9.17, 15) is 0 Å². The third kappa shape index (κ3) is 3.04. The molecule has 2 saturated carbocycles. The van der Waals surface area contributed by atoms with E-state index in [1.165, 1.54) is 91.4 Å². The van der Waals surface area contributed by atoms with Crippen LogP contribution in [0.15, 0.2) is 48.7 Å². The highest BCUT2D eigenvalue weighted by Gasteiger charge is 2.40. The van der Waals surface area contributed by atoms with Gasteiger partial charge in [-0.15, -0.1) is 0 Å². The van der Waals surface area contributed by atoms with Crippen molar-refractivity contribution in [1.29, 1.82) is 0 Å². The van der Waals surface area contributed by atoms with E-state index in [0.29, 0.717) is 0 Å². The minimum atomic E-state index is 0.259. The van der Waals surface area contributed by atoms with Crippen molar-refractivity contribution in [3.05, 3.63) is 70.9 Å². The quantitative estimate of drug-likeness (QED) is 0.128. The molecule has 3 aromatic carbocycles. The van der Waals surface area contributed by atoms with Gasteiger partial charge in [0.15, 0.2) is 6.20 Å². The molecule has 6 aromatic rings. The van der Waals surface area contributed by atoms with Gasteiger partial charge in [0, 0.05) is 16.8 Å². The number of hydrogen-bond acceptors (Lipinski definition) is 0. The molecule has 0 saturated heterocycles. The molecule has 8 rings (SSSR count). The van der Waals surface area contributed by atoms with Crippen molar-refractivity contribution < 1.29 is 4.57 Å². The van der Waals surface area contributed by atoms with Crippen molar-refractivity contribution in [2.75, 3.05) is 0 Å². The topological polar surface area (TPSA) is 8.29 Å². The summed E-state index contributed by atoms with van der Waals surface area (Å²) in [5.74, 6) is 2.55. The van der Waals surface area contributed by atoms with Crippen molar-refractivity contribution in [3.8, 4) is 0 Å². The molecule has 3 heterocycles. The molecule has 0 N–H and O–H groups in total. The smallest absolute Gasteiger partial charge is 0.224 e. The predicted molar refractivity (Wildman–Crippen MR) is 161 cm³/mol. The number of rotatable bonds is 2. The normalized spacial score (nSPS) is 21.9. The molecule has 0 aliphatic heterocycles. The van der Waals surface area contributed by atoms with Gasteiger partial charge in [-0.1, -0.05) is 45.4 Å². The Morgan fingerprint density at radius 2 is 1.74 bits per heavy atom.